The zero-order chi connectivity index (χ0) is 15.6. The number of hydrogen-bond donors (Lipinski definition) is 0. The lowest BCUT2D eigenvalue weighted by molar-refractivity contribution is 0.0793. The van der Waals surface area contributed by atoms with Gasteiger partial charge in [0, 0.05) is 32.4 Å². The molecule has 0 unspecified atom stereocenters. The minimum absolute atomic E-state index is 0.129. The molecule has 0 radical (unpaired) electrons. The minimum Gasteiger partial charge on any atom is -0.351 e. The SMILES string of the molecule is O=C(c1cccnc1N1CCc2ccccc2C1)N1CCCC1. The minimum atomic E-state index is 0.129. The van der Waals surface area contributed by atoms with E-state index in [1.807, 2.05) is 17.0 Å². The number of pyridine rings is 1. The normalized spacial score (nSPS) is 17.2. The molecule has 1 aromatic carbocycles. The maximum absolute atomic E-state index is 12.8. The molecule has 4 rings (SSSR count). The Morgan fingerprint density at radius 3 is 2.57 bits per heavy atom. The summed E-state index contributed by atoms with van der Waals surface area (Å²) in [6.45, 7) is 3.48. The number of hydrogen-bond acceptors (Lipinski definition) is 3. The summed E-state index contributed by atoms with van der Waals surface area (Å²) in [6, 6.07) is 12.3. The van der Waals surface area contributed by atoms with Crippen molar-refractivity contribution in [2.45, 2.75) is 25.8 Å². The molecule has 0 bridgehead atoms. The van der Waals surface area contributed by atoms with Crippen LogP contribution in [0.3, 0.4) is 0 Å². The van der Waals surface area contributed by atoms with Crippen molar-refractivity contribution in [1.29, 1.82) is 0 Å². The third-order valence-corrected chi connectivity index (χ3v) is 4.84. The molecule has 1 fully saturated rings. The number of nitrogens with zero attached hydrogens (tertiary/aromatic N) is 3. The largest absolute Gasteiger partial charge is 0.351 e. The summed E-state index contributed by atoms with van der Waals surface area (Å²) in [4.78, 5) is 21.6. The van der Waals surface area contributed by atoms with Gasteiger partial charge >= 0.3 is 0 Å². The molecule has 23 heavy (non-hydrogen) atoms. The Bertz CT molecular complexity index is 722. The summed E-state index contributed by atoms with van der Waals surface area (Å²) in [6.07, 6.45) is 5.01. The van der Waals surface area contributed by atoms with E-state index in [0.29, 0.717) is 0 Å². The summed E-state index contributed by atoms with van der Waals surface area (Å²) in [7, 11) is 0. The molecular formula is C19H21N3O. The first-order valence-corrected chi connectivity index (χ1v) is 8.39. The van der Waals surface area contributed by atoms with E-state index < -0.39 is 0 Å². The van der Waals surface area contributed by atoms with Crippen LogP contribution < -0.4 is 4.90 Å². The van der Waals surface area contributed by atoms with Crippen molar-refractivity contribution < 1.29 is 4.79 Å². The number of carbonyl (C=O) groups excluding carboxylic acids is 1. The summed E-state index contributed by atoms with van der Waals surface area (Å²) >= 11 is 0. The molecule has 0 aliphatic carbocycles. The van der Waals surface area contributed by atoms with Gasteiger partial charge in [0.25, 0.3) is 5.91 Å². The highest BCUT2D eigenvalue weighted by Gasteiger charge is 2.26. The summed E-state index contributed by atoms with van der Waals surface area (Å²) in [5.41, 5.74) is 3.49. The van der Waals surface area contributed by atoms with Crippen LogP contribution in [0.1, 0.15) is 34.3 Å². The molecule has 1 amide bonds. The number of amides is 1. The Labute approximate surface area is 136 Å². The molecule has 0 saturated carbocycles. The number of benzene rings is 1. The Hall–Kier alpha value is -2.36. The summed E-state index contributed by atoms with van der Waals surface area (Å²) in [5.74, 6) is 0.961. The van der Waals surface area contributed by atoms with Gasteiger partial charge in [-0.2, -0.15) is 0 Å². The first kappa shape index (κ1) is 14.2. The third kappa shape index (κ3) is 2.69. The molecule has 0 N–H and O–H groups in total. The van der Waals surface area contributed by atoms with Crippen molar-refractivity contribution in [3.8, 4) is 0 Å². The Balaban J connectivity index is 1.64. The van der Waals surface area contributed by atoms with E-state index >= 15 is 0 Å². The lowest BCUT2D eigenvalue weighted by Gasteiger charge is -2.31. The van der Waals surface area contributed by atoms with Crippen LogP contribution in [0.2, 0.25) is 0 Å². The van der Waals surface area contributed by atoms with Crippen molar-refractivity contribution in [2.24, 2.45) is 0 Å². The predicted octanol–water partition coefficient (Wildman–Crippen LogP) is 2.88. The fourth-order valence-corrected chi connectivity index (χ4v) is 3.58. The van der Waals surface area contributed by atoms with E-state index in [0.717, 1.165) is 56.8 Å². The lowest BCUT2D eigenvalue weighted by atomic mass is 9.99. The molecule has 4 nitrogen and oxygen atoms in total. The van der Waals surface area contributed by atoms with Crippen LogP contribution in [0.5, 0.6) is 0 Å². The third-order valence-electron chi connectivity index (χ3n) is 4.84. The number of rotatable bonds is 2. The van der Waals surface area contributed by atoms with Gasteiger partial charge in [-0.25, -0.2) is 4.98 Å². The van der Waals surface area contributed by atoms with E-state index in [9.17, 15) is 4.79 Å². The average molecular weight is 307 g/mol. The molecular weight excluding hydrogens is 286 g/mol. The van der Waals surface area contributed by atoms with E-state index in [-0.39, 0.29) is 5.91 Å². The number of aromatic nitrogens is 1. The monoisotopic (exact) mass is 307 g/mol. The molecule has 1 aromatic heterocycles. The van der Waals surface area contributed by atoms with Crippen LogP contribution in [-0.2, 0) is 13.0 Å². The lowest BCUT2D eigenvalue weighted by Crippen LogP contribution is -2.34. The van der Waals surface area contributed by atoms with Gasteiger partial charge in [0.05, 0.1) is 5.56 Å². The van der Waals surface area contributed by atoms with E-state index in [2.05, 4.69) is 34.1 Å². The number of anilines is 1. The second-order valence-electron chi connectivity index (χ2n) is 6.31. The maximum Gasteiger partial charge on any atom is 0.257 e. The van der Waals surface area contributed by atoms with Gasteiger partial charge in [-0.3, -0.25) is 4.79 Å². The highest BCUT2D eigenvalue weighted by molar-refractivity contribution is 5.99. The van der Waals surface area contributed by atoms with Gasteiger partial charge in [-0.05, 0) is 42.5 Å². The smallest absolute Gasteiger partial charge is 0.257 e. The Morgan fingerprint density at radius 2 is 1.74 bits per heavy atom. The van der Waals surface area contributed by atoms with Crippen LogP contribution >= 0.6 is 0 Å². The molecule has 2 aliphatic rings. The van der Waals surface area contributed by atoms with Crippen molar-refractivity contribution in [2.75, 3.05) is 24.5 Å². The van der Waals surface area contributed by atoms with Crippen LogP contribution in [0.15, 0.2) is 42.6 Å². The van der Waals surface area contributed by atoms with Crippen molar-refractivity contribution in [3.05, 3.63) is 59.3 Å². The van der Waals surface area contributed by atoms with E-state index in [1.165, 1.54) is 11.1 Å². The highest BCUT2D eigenvalue weighted by atomic mass is 16.2. The summed E-state index contributed by atoms with van der Waals surface area (Å²) < 4.78 is 0. The topological polar surface area (TPSA) is 36.4 Å². The van der Waals surface area contributed by atoms with Crippen molar-refractivity contribution in [1.82, 2.24) is 9.88 Å². The highest BCUT2D eigenvalue weighted by Crippen LogP contribution is 2.27. The predicted molar refractivity (Wildman–Crippen MR) is 90.6 cm³/mol. The molecule has 2 aliphatic heterocycles. The van der Waals surface area contributed by atoms with Crippen LogP contribution in [0.4, 0.5) is 5.82 Å². The number of carbonyl (C=O) groups is 1. The second-order valence-corrected chi connectivity index (χ2v) is 6.31. The van der Waals surface area contributed by atoms with Gasteiger partial charge in [0.15, 0.2) is 0 Å². The van der Waals surface area contributed by atoms with Gasteiger partial charge in [0.2, 0.25) is 0 Å². The quantitative estimate of drug-likeness (QED) is 0.856. The van der Waals surface area contributed by atoms with E-state index in [4.69, 9.17) is 0 Å². The first-order valence-electron chi connectivity index (χ1n) is 8.39. The first-order chi connectivity index (χ1) is 11.3. The fraction of sp³-hybridized carbons (Fsp3) is 0.368. The standard InChI is InChI=1S/C19H21N3O/c23-19(21-11-3-4-12-21)17-8-5-10-20-18(17)22-13-9-15-6-1-2-7-16(15)14-22/h1-2,5-8,10H,3-4,9,11-14H2. The molecule has 3 heterocycles. The number of likely N-dealkylation sites (tertiary alicyclic amines) is 1. The molecule has 0 atom stereocenters. The number of fused-ring (bicyclic) bond motifs is 1. The van der Waals surface area contributed by atoms with Gasteiger partial charge in [-0.15, -0.1) is 0 Å². The maximum atomic E-state index is 12.8. The van der Waals surface area contributed by atoms with Gasteiger partial charge < -0.3 is 9.80 Å². The Morgan fingerprint density at radius 1 is 0.957 bits per heavy atom. The summed E-state index contributed by atoms with van der Waals surface area (Å²) in [5, 5.41) is 0. The molecule has 2 aromatic rings. The van der Waals surface area contributed by atoms with Crippen LogP contribution in [-0.4, -0.2) is 35.4 Å². The van der Waals surface area contributed by atoms with Crippen LogP contribution in [0.25, 0.3) is 0 Å². The van der Waals surface area contributed by atoms with Gasteiger partial charge in [-0.1, -0.05) is 24.3 Å². The van der Waals surface area contributed by atoms with Gasteiger partial charge in [0.1, 0.15) is 5.82 Å². The van der Waals surface area contributed by atoms with Crippen molar-refractivity contribution in [3.63, 3.8) is 0 Å². The Kier molecular flexibility index (Phi) is 3.74. The average Bonchev–Trinajstić information content (AvgIpc) is 3.15. The molecule has 118 valence electrons. The zero-order valence-electron chi connectivity index (χ0n) is 13.2. The molecule has 0 spiro atoms. The molecule has 1 saturated heterocycles. The van der Waals surface area contributed by atoms with E-state index in [1.54, 1.807) is 6.20 Å². The fourth-order valence-electron chi connectivity index (χ4n) is 3.58. The molecule has 4 heteroatoms. The second kappa shape index (κ2) is 6.03. The van der Waals surface area contributed by atoms with Crippen LogP contribution in [0, 0.1) is 0 Å². The van der Waals surface area contributed by atoms with Crippen molar-refractivity contribution >= 4 is 11.7 Å². The zero-order valence-corrected chi connectivity index (χ0v) is 13.2.